The maximum atomic E-state index is 11.8. The van der Waals surface area contributed by atoms with E-state index in [0.717, 1.165) is 0 Å². The van der Waals surface area contributed by atoms with Gasteiger partial charge in [-0.05, 0) is 20.3 Å². The van der Waals surface area contributed by atoms with Crippen LogP contribution in [-0.4, -0.2) is 30.1 Å². The Labute approximate surface area is 75.7 Å². The van der Waals surface area contributed by atoms with E-state index in [-0.39, 0.29) is 6.42 Å². The second-order valence-electron chi connectivity index (χ2n) is 3.35. The SMILES string of the molecule is COC(C)C(C)(O)CCC(F)(F)F. The van der Waals surface area contributed by atoms with Gasteiger partial charge in [0.15, 0.2) is 0 Å². The number of hydrogen-bond donors (Lipinski definition) is 1. The van der Waals surface area contributed by atoms with Crippen molar-refractivity contribution in [2.45, 2.75) is 44.6 Å². The van der Waals surface area contributed by atoms with Gasteiger partial charge >= 0.3 is 6.18 Å². The van der Waals surface area contributed by atoms with Gasteiger partial charge in [0, 0.05) is 13.5 Å². The summed E-state index contributed by atoms with van der Waals surface area (Å²) in [5, 5.41) is 9.52. The number of halogens is 3. The largest absolute Gasteiger partial charge is 0.389 e. The predicted molar refractivity (Wildman–Crippen MR) is 42.4 cm³/mol. The summed E-state index contributed by atoms with van der Waals surface area (Å²) in [4.78, 5) is 0. The number of alkyl halides is 3. The molecule has 5 heteroatoms. The van der Waals surface area contributed by atoms with Crippen LogP contribution in [0.15, 0.2) is 0 Å². The summed E-state index contributed by atoms with van der Waals surface area (Å²) in [6.07, 6.45) is -6.16. The first-order valence-electron chi connectivity index (χ1n) is 4.01. The van der Waals surface area contributed by atoms with Gasteiger partial charge in [-0.1, -0.05) is 0 Å². The number of hydrogen-bond acceptors (Lipinski definition) is 2. The molecule has 0 aromatic rings. The molecule has 2 atom stereocenters. The van der Waals surface area contributed by atoms with Crippen LogP contribution in [0.5, 0.6) is 0 Å². The normalized spacial score (nSPS) is 19.6. The molecule has 0 saturated carbocycles. The van der Waals surface area contributed by atoms with E-state index in [1.807, 2.05) is 0 Å². The van der Waals surface area contributed by atoms with Gasteiger partial charge in [-0.25, -0.2) is 0 Å². The van der Waals surface area contributed by atoms with Crippen LogP contribution in [0.3, 0.4) is 0 Å². The Morgan fingerprint density at radius 3 is 2.08 bits per heavy atom. The molecule has 0 bridgehead atoms. The van der Waals surface area contributed by atoms with Gasteiger partial charge in [-0.2, -0.15) is 13.2 Å². The second kappa shape index (κ2) is 4.28. The van der Waals surface area contributed by atoms with Crippen molar-refractivity contribution in [3.63, 3.8) is 0 Å². The maximum absolute atomic E-state index is 11.8. The molecule has 0 aliphatic rings. The van der Waals surface area contributed by atoms with Crippen molar-refractivity contribution < 1.29 is 23.0 Å². The highest BCUT2D eigenvalue weighted by Crippen LogP contribution is 2.28. The van der Waals surface area contributed by atoms with Gasteiger partial charge < -0.3 is 9.84 Å². The van der Waals surface area contributed by atoms with Crippen molar-refractivity contribution in [1.82, 2.24) is 0 Å². The highest BCUT2D eigenvalue weighted by Gasteiger charge is 2.35. The molecule has 2 nitrogen and oxygen atoms in total. The monoisotopic (exact) mass is 200 g/mol. The van der Waals surface area contributed by atoms with E-state index in [1.165, 1.54) is 21.0 Å². The fourth-order valence-electron chi connectivity index (χ4n) is 0.852. The zero-order valence-corrected chi connectivity index (χ0v) is 7.98. The summed E-state index contributed by atoms with van der Waals surface area (Å²) in [7, 11) is 1.35. The van der Waals surface area contributed by atoms with Crippen LogP contribution >= 0.6 is 0 Å². The first-order chi connectivity index (χ1) is 5.69. The summed E-state index contributed by atoms with van der Waals surface area (Å²) >= 11 is 0. The van der Waals surface area contributed by atoms with Gasteiger partial charge in [0.1, 0.15) is 0 Å². The molecule has 2 unspecified atom stereocenters. The zero-order valence-electron chi connectivity index (χ0n) is 7.98. The lowest BCUT2D eigenvalue weighted by Crippen LogP contribution is -2.39. The Hall–Kier alpha value is -0.290. The average molecular weight is 200 g/mol. The van der Waals surface area contributed by atoms with E-state index in [1.54, 1.807) is 0 Å². The molecule has 0 fully saturated rings. The van der Waals surface area contributed by atoms with Gasteiger partial charge in [-0.3, -0.25) is 0 Å². The van der Waals surface area contributed by atoms with Crippen molar-refractivity contribution in [2.24, 2.45) is 0 Å². The molecule has 0 aliphatic heterocycles. The molecule has 0 rings (SSSR count). The van der Waals surface area contributed by atoms with Crippen LogP contribution in [-0.2, 0) is 4.74 Å². The summed E-state index contributed by atoms with van der Waals surface area (Å²) in [5.41, 5.74) is -1.43. The van der Waals surface area contributed by atoms with Crippen molar-refractivity contribution in [3.8, 4) is 0 Å². The number of rotatable bonds is 4. The van der Waals surface area contributed by atoms with Crippen molar-refractivity contribution >= 4 is 0 Å². The Balaban J connectivity index is 4.03. The fraction of sp³-hybridized carbons (Fsp3) is 1.00. The van der Waals surface area contributed by atoms with Gasteiger partial charge in [0.25, 0.3) is 0 Å². The standard InChI is InChI=1S/C8H15F3O2/c1-6(13-3)7(2,12)4-5-8(9,10)11/h6,12H,4-5H2,1-3H3. The predicted octanol–water partition coefficient (Wildman–Crippen LogP) is 2.11. The molecule has 0 heterocycles. The molecule has 0 radical (unpaired) electrons. The number of aliphatic hydroxyl groups is 1. The summed E-state index contributed by atoms with van der Waals surface area (Å²) in [6, 6.07) is 0. The molecular weight excluding hydrogens is 185 g/mol. The lowest BCUT2D eigenvalue weighted by atomic mass is 9.94. The minimum atomic E-state index is -4.22. The summed E-state index contributed by atoms with van der Waals surface area (Å²) in [6.45, 7) is 2.88. The molecular formula is C8H15F3O2. The zero-order chi connectivity index (χ0) is 10.7. The van der Waals surface area contributed by atoms with Crippen LogP contribution < -0.4 is 0 Å². The third-order valence-corrected chi connectivity index (χ3v) is 2.14. The van der Waals surface area contributed by atoms with E-state index in [2.05, 4.69) is 0 Å². The molecule has 0 aromatic carbocycles. The van der Waals surface area contributed by atoms with Crippen LogP contribution in [0, 0.1) is 0 Å². The fourth-order valence-corrected chi connectivity index (χ4v) is 0.852. The highest BCUT2D eigenvalue weighted by molar-refractivity contribution is 4.80. The molecule has 0 amide bonds. The third-order valence-electron chi connectivity index (χ3n) is 2.14. The minimum Gasteiger partial charge on any atom is -0.387 e. The van der Waals surface area contributed by atoms with E-state index >= 15 is 0 Å². The van der Waals surface area contributed by atoms with Crippen LogP contribution in [0.2, 0.25) is 0 Å². The highest BCUT2D eigenvalue weighted by atomic mass is 19.4. The van der Waals surface area contributed by atoms with E-state index in [4.69, 9.17) is 4.74 Å². The lowest BCUT2D eigenvalue weighted by Gasteiger charge is -2.29. The van der Waals surface area contributed by atoms with Crippen molar-refractivity contribution in [1.29, 1.82) is 0 Å². The Bertz CT molecular complexity index is 154. The Morgan fingerprint density at radius 1 is 1.31 bits per heavy atom. The molecule has 0 spiro atoms. The topological polar surface area (TPSA) is 29.5 Å². The first-order valence-corrected chi connectivity index (χ1v) is 4.01. The van der Waals surface area contributed by atoms with Crippen LogP contribution in [0.4, 0.5) is 13.2 Å². The number of methoxy groups -OCH3 is 1. The van der Waals surface area contributed by atoms with Gasteiger partial charge in [0.2, 0.25) is 0 Å². The maximum Gasteiger partial charge on any atom is 0.389 e. The second-order valence-corrected chi connectivity index (χ2v) is 3.35. The molecule has 0 aliphatic carbocycles. The van der Waals surface area contributed by atoms with Gasteiger partial charge in [-0.15, -0.1) is 0 Å². The Kier molecular flexibility index (Phi) is 4.19. The minimum absolute atomic E-state index is 0.342. The van der Waals surface area contributed by atoms with E-state index < -0.39 is 24.3 Å². The van der Waals surface area contributed by atoms with E-state index in [9.17, 15) is 18.3 Å². The Morgan fingerprint density at radius 2 is 1.77 bits per heavy atom. The van der Waals surface area contributed by atoms with Crippen molar-refractivity contribution in [2.75, 3.05) is 7.11 Å². The first kappa shape index (κ1) is 12.7. The van der Waals surface area contributed by atoms with Gasteiger partial charge in [0.05, 0.1) is 11.7 Å². The molecule has 0 saturated heterocycles. The summed E-state index contributed by atoms with van der Waals surface area (Å²) in [5.74, 6) is 0. The molecule has 1 N–H and O–H groups in total. The number of ether oxygens (including phenoxy) is 1. The van der Waals surface area contributed by atoms with Crippen molar-refractivity contribution in [3.05, 3.63) is 0 Å². The van der Waals surface area contributed by atoms with Crippen LogP contribution in [0.25, 0.3) is 0 Å². The quantitative estimate of drug-likeness (QED) is 0.753. The third kappa shape index (κ3) is 5.10. The lowest BCUT2D eigenvalue weighted by molar-refractivity contribution is -0.156. The van der Waals surface area contributed by atoms with Crippen LogP contribution in [0.1, 0.15) is 26.7 Å². The smallest absolute Gasteiger partial charge is 0.387 e. The molecule has 13 heavy (non-hydrogen) atoms. The van der Waals surface area contributed by atoms with E-state index in [0.29, 0.717) is 0 Å². The summed E-state index contributed by atoms with van der Waals surface area (Å²) < 4.78 is 40.2. The molecule has 0 aromatic heterocycles. The molecule has 80 valence electrons. The average Bonchev–Trinajstić information content (AvgIpc) is 1.98.